The Morgan fingerprint density at radius 3 is 2.64 bits per heavy atom. The number of halogens is 2. The molecule has 3 heteroatoms. The maximum Gasteiger partial charge on any atom is 0.248 e. The van der Waals surface area contributed by atoms with Crippen LogP contribution in [0.25, 0.3) is 0 Å². The number of alkyl halides is 2. The molecular weight excluding hydrogens is 148 g/mol. The van der Waals surface area contributed by atoms with Gasteiger partial charge < -0.3 is 5.32 Å². The van der Waals surface area contributed by atoms with Crippen LogP contribution in [0, 0.1) is 18.3 Å². The molecule has 62 valence electrons. The fourth-order valence-electron chi connectivity index (χ4n) is 1.28. The molecule has 0 aliphatic heterocycles. The van der Waals surface area contributed by atoms with Gasteiger partial charge in [-0.2, -0.15) is 0 Å². The lowest BCUT2D eigenvalue weighted by Gasteiger charge is -2.34. The van der Waals surface area contributed by atoms with Gasteiger partial charge in [0.25, 0.3) is 0 Å². The molecule has 0 atom stereocenters. The SMILES string of the molecule is C#CCNCC1CC(F)(F)C1. The molecule has 11 heavy (non-hydrogen) atoms. The van der Waals surface area contributed by atoms with E-state index in [2.05, 4.69) is 11.2 Å². The summed E-state index contributed by atoms with van der Waals surface area (Å²) in [6, 6.07) is 0. The molecule has 1 fully saturated rings. The summed E-state index contributed by atoms with van der Waals surface area (Å²) in [5.74, 6) is 0.117. The van der Waals surface area contributed by atoms with Gasteiger partial charge in [-0.05, 0) is 12.5 Å². The van der Waals surface area contributed by atoms with E-state index in [0.717, 1.165) is 0 Å². The second-order valence-corrected chi connectivity index (χ2v) is 2.97. The average Bonchev–Trinajstić information content (AvgIpc) is 1.84. The summed E-state index contributed by atoms with van der Waals surface area (Å²) >= 11 is 0. The normalized spacial score (nSPS) is 22.3. The van der Waals surface area contributed by atoms with Crippen molar-refractivity contribution in [3.63, 3.8) is 0 Å². The number of hydrogen-bond acceptors (Lipinski definition) is 1. The first-order valence-corrected chi connectivity index (χ1v) is 3.66. The van der Waals surface area contributed by atoms with Gasteiger partial charge in [0.05, 0.1) is 6.54 Å². The fourth-order valence-corrected chi connectivity index (χ4v) is 1.28. The summed E-state index contributed by atoms with van der Waals surface area (Å²) in [5, 5.41) is 2.91. The molecule has 0 heterocycles. The van der Waals surface area contributed by atoms with Crippen molar-refractivity contribution < 1.29 is 8.78 Å². The number of terminal acetylenes is 1. The van der Waals surface area contributed by atoms with Crippen molar-refractivity contribution in [2.45, 2.75) is 18.8 Å². The Kier molecular flexibility index (Phi) is 2.45. The molecule has 1 nitrogen and oxygen atoms in total. The minimum Gasteiger partial charge on any atom is -0.306 e. The fraction of sp³-hybridized carbons (Fsp3) is 0.750. The minimum atomic E-state index is -2.40. The van der Waals surface area contributed by atoms with Crippen molar-refractivity contribution in [3.8, 4) is 12.3 Å². The van der Waals surface area contributed by atoms with Crippen LogP contribution < -0.4 is 5.32 Å². The lowest BCUT2D eigenvalue weighted by atomic mass is 9.81. The summed E-state index contributed by atoms with van der Waals surface area (Å²) in [6.07, 6.45) is 5.00. The molecule has 0 aromatic heterocycles. The van der Waals surface area contributed by atoms with E-state index < -0.39 is 5.92 Å². The van der Waals surface area contributed by atoms with Crippen molar-refractivity contribution in [3.05, 3.63) is 0 Å². The Hall–Kier alpha value is -0.620. The summed E-state index contributed by atoms with van der Waals surface area (Å²) in [7, 11) is 0. The van der Waals surface area contributed by atoms with Crippen LogP contribution in [0.3, 0.4) is 0 Å². The molecule has 0 bridgehead atoms. The van der Waals surface area contributed by atoms with Crippen molar-refractivity contribution >= 4 is 0 Å². The Balaban J connectivity index is 2.01. The monoisotopic (exact) mass is 159 g/mol. The first-order chi connectivity index (χ1) is 5.14. The van der Waals surface area contributed by atoms with E-state index in [9.17, 15) is 8.78 Å². The third-order valence-electron chi connectivity index (χ3n) is 1.83. The van der Waals surface area contributed by atoms with E-state index in [1.54, 1.807) is 0 Å². The van der Waals surface area contributed by atoms with E-state index in [4.69, 9.17) is 6.42 Å². The third-order valence-corrected chi connectivity index (χ3v) is 1.83. The average molecular weight is 159 g/mol. The van der Waals surface area contributed by atoms with Gasteiger partial charge in [-0.25, -0.2) is 8.78 Å². The zero-order chi connectivity index (χ0) is 8.32. The highest BCUT2D eigenvalue weighted by atomic mass is 19.3. The molecule has 0 spiro atoms. The second-order valence-electron chi connectivity index (χ2n) is 2.97. The molecule has 0 aromatic rings. The quantitative estimate of drug-likeness (QED) is 0.483. The molecule has 1 aliphatic carbocycles. The molecular formula is C8H11F2N. The number of hydrogen-bond donors (Lipinski definition) is 1. The van der Waals surface area contributed by atoms with Crippen molar-refractivity contribution in [1.29, 1.82) is 0 Å². The van der Waals surface area contributed by atoms with Gasteiger partial charge in [-0.15, -0.1) is 6.42 Å². The number of nitrogens with one attached hydrogen (secondary N) is 1. The van der Waals surface area contributed by atoms with E-state index >= 15 is 0 Å². The zero-order valence-corrected chi connectivity index (χ0v) is 6.24. The Labute approximate surface area is 65.2 Å². The van der Waals surface area contributed by atoms with Crippen LogP contribution in [0.5, 0.6) is 0 Å². The highest BCUT2D eigenvalue weighted by molar-refractivity contribution is 4.90. The summed E-state index contributed by atoms with van der Waals surface area (Å²) in [6.45, 7) is 1.10. The summed E-state index contributed by atoms with van der Waals surface area (Å²) in [4.78, 5) is 0. The van der Waals surface area contributed by atoms with Crippen molar-refractivity contribution in [2.75, 3.05) is 13.1 Å². The first kappa shape index (κ1) is 8.48. The maximum atomic E-state index is 12.2. The van der Waals surface area contributed by atoms with E-state index in [-0.39, 0.29) is 18.8 Å². The van der Waals surface area contributed by atoms with Gasteiger partial charge in [-0.1, -0.05) is 5.92 Å². The molecule has 1 N–H and O–H groups in total. The Morgan fingerprint density at radius 2 is 2.18 bits per heavy atom. The third kappa shape index (κ3) is 2.47. The molecule has 0 amide bonds. The van der Waals surface area contributed by atoms with Crippen molar-refractivity contribution in [1.82, 2.24) is 5.32 Å². The van der Waals surface area contributed by atoms with Crippen LogP contribution in [0.4, 0.5) is 8.78 Å². The van der Waals surface area contributed by atoms with E-state index in [1.165, 1.54) is 0 Å². The largest absolute Gasteiger partial charge is 0.306 e. The first-order valence-electron chi connectivity index (χ1n) is 3.66. The lowest BCUT2D eigenvalue weighted by Crippen LogP contribution is -2.41. The summed E-state index contributed by atoms with van der Waals surface area (Å²) < 4.78 is 24.5. The number of rotatable bonds is 3. The molecule has 1 aliphatic rings. The zero-order valence-electron chi connectivity index (χ0n) is 6.24. The topological polar surface area (TPSA) is 12.0 Å². The van der Waals surface area contributed by atoms with Crippen molar-refractivity contribution in [2.24, 2.45) is 5.92 Å². The van der Waals surface area contributed by atoms with Crippen LogP contribution in [-0.2, 0) is 0 Å². The minimum absolute atomic E-state index is 0.0184. The Morgan fingerprint density at radius 1 is 1.55 bits per heavy atom. The predicted molar refractivity (Wildman–Crippen MR) is 39.4 cm³/mol. The highest BCUT2D eigenvalue weighted by Crippen LogP contribution is 2.41. The molecule has 1 saturated carbocycles. The smallest absolute Gasteiger partial charge is 0.248 e. The molecule has 0 unspecified atom stereocenters. The van der Waals surface area contributed by atoms with Crippen LogP contribution in [0.2, 0.25) is 0 Å². The second kappa shape index (κ2) is 3.19. The van der Waals surface area contributed by atoms with Crippen LogP contribution in [0.15, 0.2) is 0 Å². The maximum absolute atomic E-state index is 12.2. The lowest BCUT2D eigenvalue weighted by molar-refractivity contribution is -0.108. The summed E-state index contributed by atoms with van der Waals surface area (Å²) in [5.41, 5.74) is 0. The molecule has 0 aromatic carbocycles. The van der Waals surface area contributed by atoms with Crippen LogP contribution in [0.1, 0.15) is 12.8 Å². The van der Waals surface area contributed by atoms with E-state index in [1.807, 2.05) is 0 Å². The molecule has 0 saturated heterocycles. The highest BCUT2D eigenvalue weighted by Gasteiger charge is 2.44. The van der Waals surface area contributed by atoms with Gasteiger partial charge >= 0.3 is 0 Å². The van der Waals surface area contributed by atoms with Gasteiger partial charge in [0.2, 0.25) is 5.92 Å². The van der Waals surface area contributed by atoms with Gasteiger partial charge in [-0.3, -0.25) is 0 Å². The van der Waals surface area contributed by atoms with Gasteiger partial charge in [0.1, 0.15) is 0 Å². The van der Waals surface area contributed by atoms with Gasteiger partial charge in [0, 0.05) is 12.8 Å². The molecule has 1 rings (SSSR count). The van der Waals surface area contributed by atoms with Gasteiger partial charge in [0.15, 0.2) is 0 Å². The molecule has 0 radical (unpaired) electrons. The standard InChI is InChI=1S/C8H11F2N/c1-2-3-11-6-7-4-8(9,10)5-7/h1,7,11H,3-6H2. The van der Waals surface area contributed by atoms with Crippen LogP contribution >= 0.6 is 0 Å². The van der Waals surface area contributed by atoms with Crippen LogP contribution in [-0.4, -0.2) is 19.0 Å². The van der Waals surface area contributed by atoms with E-state index in [0.29, 0.717) is 13.1 Å². The predicted octanol–water partition coefficient (Wildman–Crippen LogP) is 1.25. The Bertz CT molecular complexity index is 163.